The maximum atomic E-state index is 12.5. The molecule has 0 aliphatic heterocycles. The second-order valence-electron chi connectivity index (χ2n) is 6.12. The summed E-state index contributed by atoms with van der Waals surface area (Å²) in [6.45, 7) is 3.38. The van der Waals surface area contributed by atoms with Crippen molar-refractivity contribution in [1.82, 2.24) is 9.78 Å². The van der Waals surface area contributed by atoms with Gasteiger partial charge in [-0.25, -0.2) is 4.68 Å². The largest absolute Gasteiger partial charge is 0.326 e. The highest BCUT2D eigenvalue weighted by Gasteiger charge is 2.12. The number of benzene rings is 2. The molecule has 0 saturated heterocycles. The van der Waals surface area contributed by atoms with Crippen LogP contribution >= 0.6 is 0 Å². The van der Waals surface area contributed by atoms with E-state index in [0.717, 1.165) is 15.6 Å². The Kier molecular flexibility index (Phi) is 5.30. The summed E-state index contributed by atoms with van der Waals surface area (Å²) in [6, 6.07) is 12.4. The summed E-state index contributed by atoms with van der Waals surface area (Å²) < 4.78 is 1.13. The van der Waals surface area contributed by atoms with Gasteiger partial charge in [0, 0.05) is 23.2 Å². The van der Waals surface area contributed by atoms with Crippen molar-refractivity contribution in [2.45, 2.75) is 26.8 Å². The standard InChI is InChI=1S/C20H20N4O3/c1-3-18(25)22-16-9-6-10-17(13(16)2)23-19(26)12-24-20(27)15-8-5-4-7-14(15)11-21-24/h4-11H,3,12H2,1-2H3,(H,22,25)(H,23,26). The van der Waals surface area contributed by atoms with Gasteiger partial charge in [-0.2, -0.15) is 5.10 Å². The zero-order valence-electron chi connectivity index (χ0n) is 15.2. The van der Waals surface area contributed by atoms with Crippen LogP contribution in [0.5, 0.6) is 0 Å². The summed E-state index contributed by atoms with van der Waals surface area (Å²) in [5.74, 6) is -0.476. The van der Waals surface area contributed by atoms with Crippen molar-refractivity contribution in [3.05, 3.63) is 64.6 Å². The molecule has 7 nitrogen and oxygen atoms in total. The molecule has 1 heterocycles. The molecule has 2 aromatic carbocycles. The lowest BCUT2D eigenvalue weighted by atomic mass is 10.1. The van der Waals surface area contributed by atoms with Gasteiger partial charge < -0.3 is 10.6 Å². The molecule has 0 fully saturated rings. The number of nitrogens with zero attached hydrogens (tertiary/aromatic N) is 2. The Morgan fingerprint density at radius 1 is 1.00 bits per heavy atom. The van der Waals surface area contributed by atoms with Crippen LogP contribution in [-0.4, -0.2) is 21.6 Å². The van der Waals surface area contributed by atoms with Crippen LogP contribution in [0.3, 0.4) is 0 Å². The molecule has 0 radical (unpaired) electrons. The zero-order valence-corrected chi connectivity index (χ0v) is 15.2. The first kappa shape index (κ1) is 18.3. The molecule has 27 heavy (non-hydrogen) atoms. The number of nitrogens with one attached hydrogen (secondary N) is 2. The third kappa shape index (κ3) is 4.03. The second-order valence-corrected chi connectivity index (χ2v) is 6.12. The first-order valence-corrected chi connectivity index (χ1v) is 8.63. The highest BCUT2D eigenvalue weighted by atomic mass is 16.2. The Morgan fingerprint density at radius 2 is 1.67 bits per heavy atom. The van der Waals surface area contributed by atoms with Crippen LogP contribution in [0.15, 0.2) is 53.5 Å². The molecule has 3 rings (SSSR count). The fraction of sp³-hybridized carbons (Fsp3) is 0.200. The first-order valence-electron chi connectivity index (χ1n) is 8.63. The first-order chi connectivity index (χ1) is 13.0. The van der Waals surface area contributed by atoms with Crippen molar-refractivity contribution < 1.29 is 9.59 Å². The van der Waals surface area contributed by atoms with Crippen LogP contribution in [0.4, 0.5) is 11.4 Å². The molecule has 0 aliphatic carbocycles. The van der Waals surface area contributed by atoms with E-state index < -0.39 is 0 Å². The Labute approximate surface area is 156 Å². The van der Waals surface area contributed by atoms with Gasteiger partial charge in [-0.1, -0.05) is 31.2 Å². The van der Waals surface area contributed by atoms with E-state index in [1.165, 1.54) is 0 Å². The maximum Gasteiger partial charge on any atom is 0.275 e. The van der Waals surface area contributed by atoms with Gasteiger partial charge >= 0.3 is 0 Å². The molecule has 138 valence electrons. The number of rotatable bonds is 5. The SMILES string of the molecule is CCC(=O)Nc1cccc(NC(=O)Cn2ncc3ccccc3c2=O)c1C. The predicted molar refractivity (Wildman–Crippen MR) is 105 cm³/mol. The van der Waals surface area contributed by atoms with Gasteiger partial charge in [0.25, 0.3) is 5.56 Å². The normalized spacial score (nSPS) is 10.6. The minimum atomic E-state index is -0.373. The van der Waals surface area contributed by atoms with Gasteiger partial charge in [-0.05, 0) is 30.7 Å². The molecule has 0 atom stereocenters. The lowest BCUT2D eigenvalue weighted by Gasteiger charge is -2.13. The van der Waals surface area contributed by atoms with Crippen LogP contribution < -0.4 is 16.2 Å². The molecule has 0 bridgehead atoms. The fourth-order valence-electron chi connectivity index (χ4n) is 2.71. The average molecular weight is 364 g/mol. The fourth-order valence-corrected chi connectivity index (χ4v) is 2.71. The van der Waals surface area contributed by atoms with E-state index in [-0.39, 0.29) is 23.9 Å². The Morgan fingerprint density at radius 3 is 2.37 bits per heavy atom. The van der Waals surface area contributed by atoms with E-state index in [1.54, 1.807) is 56.4 Å². The van der Waals surface area contributed by atoms with Gasteiger partial charge in [-0.3, -0.25) is 14.4 Å². The van der Waals surface area contributed by atoms with E-state index in [1.807, 2.05) is 6.07 Å². The van der Waals surface area contributed by atoms with Crippen molar-refractivity contribution in [2.24, 2.45) is 0 Å². The number of carbonyl (C=O) groups excluding carboxylic acids is 2. The average Bonchev–Trinajstić information content (AvgIpc) is 2.67. The predicted octanol–water partition coefficient (Wildman–Crippen LogP) is 2.69. The van der Waals surface area contributed by atoms with Gasteiger partial charge in [0.05, 0.1) is 11.6 Å². The molecule has 0 spiro atoms. The molecule has 2 amide bonds. The smallest absolute Gasteiger partial charge is 0.275 e. The third-order valence-electron chi connectivity index (χ3n) is 4.26. The van der Waals surface area contributed by atoms with Crippen LogP contribution in [0.25, 0.3) is 10.8 Å². The van der Waals surface area contributed by atoms with Gasteiger partial charge in [0.15, 0.2) is 0 Å². The monoisotopic (exact) mass is 364 g/mol. The summed E-state index contributed by atoms with van der Waals surface area (Å²) in [4.78, 5) is 36.5. The number of hydrogen-bond acceptors (Lipinski definition) is 4. The summed E-state index contributed by atoms with van der Waals surface area (Å²) in [7, 11) is 0. The van der Waals surface area contributed by atoms with Crippen molar-refractivity contribution >= 4 is 34.0 Å². The molecular formula is C20H20N4O3. The lowest BCUT2D eigenvalue weighted by molar-refractivity contribution is -0.117. The zero-order chi connectivity index (χ0) is 19.4. The topological polar surface area (TPSA) is 93.1 Å². The highest BCUT2D eigenvalue weighted by Crippen LogP contribution is 2.23. The summed E-state index contributed by atoms with van der Waals surface area (Å²) in [5, 5.41) is 10.9. The highest BCUT2D eigenvalue weighted by molar-refractivity contribution is 5.95. The van der Waals surface area contributed by atoms with Crippen molar-refractivity contribution in [3.63, 3.8) is 0 Å². The molecule has 2 N–H and O–H groups in total. The summed E-state index contributed by atoms with van der Waals surface area (Å²) >= 11 is 0. The number of hydrogen-bond donors (Lipinski definition) is 2. The second kappa shape index (κ2) is 7.82. The van der Waals surface area contributed by atoms with Crippen LogP contribution in [0.2, 0.25) is 0 Å². The summed E-state index contributed by atoms with van der Waals surface area (Å²) in [6.07, 6.45) is 1.93. The number of fused-ring (bicyclic) bond motifs is 1. The van der Waals surface area contributed by atoms with Crippen LogP contribution in [0, 0.1) is 6.92 Å². The lowest BCUT2D eigenvalue weighted by Crippen LogP contribution is -2.29. The molecule has 0 saturated carbocycles. The van der Waals surface area contributed by atoms with E-state index in [0.29, 0.717) is 23.2 Å². The van der Waals surface area contributed by atoms with Gasteiger partial charge in [-0.15, -0.1) is 0 Å². The minimum Gasteiger partial charge on any atom is -0.326 e. The van der Waals surface area contributed by atoms with Crippen LogP contribution in [-0.2, 0) is 16.1 Å². The molecule has 0 unspecified atom stereocenters. The van der Waals surface area contributed by atoms with Crippen molar-refractivity contribution in [3.8, 4) is 0 Å². The Balaban J connectivity index is 1.79. The minimum absolute atomic E-state index is 0.103. The number of amides is 2. The molecule has 1 aromatic heterocycles. The Bertz CT molecular complexity index is 1070. The van der Waals surface area contributed by atoms with Crippen molar-refractivity contribution in [1.29, 1.82) is 0 Å². The molecular weight excluding hydrogens is 344 g/mol. The molecule has 7 heteroatoms. The van der Waals surface area contributed by atoms with Crippen molar-refractivity contribution in [2.75, 3.05) is 10.6 Å². The van der Waals surface area contributed by atoms with Crippen LogP contribution in [0.1, 0.15) is 18.9 Å². The number of anilines is 2. The Hall–Kier alpha value is -3.48. The van der Waals surface area contributed by atoms with E-state index in [4.69, 9.17) is 0 Å². The molecule has 3 aromatic rings. The number of aromatic nitrogens is 2. The third-order valence-corrected chi connectivity index (χ3v) is 4.26. The van der Waals surface area contributed by atoms with E-state index in [9.17, 15) is 14.4 Å². The van der Waals surface area contributed by atoms with Gasteiger partial charge in [0.2, 0.25) is 11.8 Å². The van der Waals surface area contributed by atoms with E-state index in [2.05, 4.69) is 15.7 Å². The van der Waals surface area contributed by atoms with E-state index >= 15 is 0 Å². The van der Waals surface area contributed by atoms with Gasteiger partial charge in [0.1, 0.15) is 6.54 Å². The quantitative estimate of drug-likeness (QED) is 0.728. The number of carbonyl (C=O) groups is 2. The maximum absolute atomic E-state index is 12.5. The molecule has 0 aliphatic rings. The summed E-state index contributed by atoms with van der Waals surface area (Å²) in [5.41, 5.74) is 1.64.